The van der Waals surface area contributed by atoms with Crippen LogP contribution in [-0.2, 0) is 0 Å². The van der Waals surface area contributed by atoms with Crippen LogP contribution >= 0.6 is 15.9 Å². The summed E-state index contributed by atoms with van der Waals surface area (Å²) in [5.41, 5.74) is 7.71. The van der Waals surface area contributed by atoms with E-state index in [4.69, 9.17) is 10.5 Å². The molecule has 1 aromatic carbocycles. The van der Waals surface area contributed by atoms with E-state index in [9.17, 15) is 10.1 Å². The second-order valence-electron chi connectivity index (χ2n) is 5.04. The number of aromatic nitrogens is 1. The van der Waals surface area contributed by atoms with E-state index >= 15 is 0 Å². The number of hydrogen-bond donors (Lipinski definition) is 2. The van der Waals surface area contributed by atoms with E-state index in [1.165, 1.54) is 0 Å². The van der Waals surface area contributed by atoms with Gasteiger partial charge in [-0.3, -0.25) is 4.79 Å². The molecule has 1 aliphatic heterocycles. The van der Waals surface area contributed by atoms with E-state index in [0.717, 1.165) is 10.0 Å². The molecular formula is C16H12BrN3O2. The number of halogens is 1. The monoisotopic (exact) mass is 357 g/mol. The summed E-state index contributed by atoms with van der Waals surface area (Å²) in [6, 6.07) is 11.2. The first-order valence-electron chi connectivity index (χ1n) is 6.58. The molecule has 0 fully saturated rings. The first-order chi connectivity index (χ1) is 10.5. The molecule has 2 aromatic rings. The molecule has 0 amide bonds. The van der Waals surface area contributed by atoms with Gasteiger partial charge in [-0.2, -0.15) is 5.26 Å². The summed E-state index contributed by atoms with van der Waals surface area (Å²) in [6.07, 6.45) is 0. The zero-order valence-corrected chi connectivity index (χ0v) is 13.3. The normalized spacial score (nSPS) is 16.7. The molecule has 22 heavy (non-hydrogen) atoms. The van der Waals surface area contributed by atoms with Crippen LogP contribution in [0.5, 0.6) is 5.75 Å². The van der Waals surface area contributed by atoms with Crippen LogP contribution in [0.2, 0.25) is 0 Å². The Hall–Kier alpha value is -2.52. The van der Waals surface area contributed by atoms with E-state index in [1.807, 2.05) is 24.3 Å². The molecule has 1 aromatic heterocycles. The van der Waals surface area contributed by atoms with E-state index < -0.39 is 5.92 Å². The van der Waals surface area contributed by atoms with Gasteiger partial charge in [-0.15, -0.1) is 0 Å². The molecule has 3 N–H and O–H groups in total. The number of pyridine rings is 1. The Morgan fingerprint density at radius 2 is 2.18 bits per heavy atom. The minimum Gasteiger partial charge on any atom is -0.440 e. The van der Waals surface area contributed by atoms with Gasteiger partial charge in [0.25, 0.3) is 5.56 Å². The average molecular weight is 358 g/mol. The fraction of sp³-hybridized carbons (Fsp3) is 0.125. The fourth-order valence-electron chi connectivity index (χ4n) is 2.63. The van der Waals surface area contributed by atoms with Crippen LogP contribution in [0, 0.1) is 18.3 Å². The van der Waals surface area contributed by atoms with Crippen LogP contribution in [0.25, 0.3) is 0 Å². The van der Waals surface area contributed by atoms with Gasteiger partial charge in [-0.25, -0.2) is 0 Å². The number of ether oxygens (including phenoxy) is 1. The highest BCUT2D eigenvalue weighted by Gasteiger charge is 2.33. The van der Waals surface area contributed by atoms with Crippen LogP contribution in [0.4, 0.5) is 0 Å². The van der Waals surface area contributed by atoms with E-state index in [-0.39, 0.29) is 17.0 Å². The maximum absolute atomic E-state index is 12.4. The van der Waals surface area contributed by atoms with Crippen LogP contribution in [0.3, 0.4) is 0 Å². The Balaban J connectivity index is 2.32. The molecule has 3 rings (SSSR count). The molecule has 1 aliphatic rings. The molecule has 0 aliphatic carbocycles. The van der Waals surface area contributed by atoms with Crippen molar-refractivity contribution in [3.8, 4) is 11.8 Å². The first kappa shape index (κ1) is 14.4. The molecule has 5 nitrogen and oxygen atoms in total. The van der Waals surface area contributed by atoms with Crippen LogP contribution < -0.4 is 16.0 Å². The lowest BCUT2D eigenvalue weighted by molar-refractivity contribution is 0.391. The zero-order valence-electron chi connectivity index (χ0n) is 11.7. The van der Waals surface area contributed by atoms with Gasteiger partial charge < -0.3 is 15.5 Å². The minimum absolute atomic E-state index is 0.0324. The number of H-pyrrole nitrogens is 1. The molecule has 0 saturated heterocycles. The minimum atomic E-state index is -0.546. The molecule has 0 spiro atoms. The summed E-state index contributed by atoms with van der Waals surface area (Å²) >= 11 is 3.41. The van der Waals surface area contributed by atoms with Gasteiger partial charge in [-0.05, 0) is 24.6 Å². The second kappa shape index (κ2) is 5.35. The average Bonchev–Trinajstić information content (AvgIpc) is 2.45. The third-order valence-corrected chi connectivity index (χ3v) is 4.03. The Morgan fingerprint density at radius 1 is 1.41 bits per heavy atom. The van der Waals surface area contributed by atoms with Crippen LogP contribution in [0.15, 0.2) is 51.1 Å². The predicted octanol–water partition coefficient (Wildman–Crippen LogP) is 2.66. The quantitative estimate of drug-likeness (QED) is 0.820. The van der Waals surface area contributed by atoms with Crippen molar-refractivity contribution in [1.82, 2.24) is 4.98 Å². The van der Waals surface area contributed by atoms with Crippen molar-refractivity contribution >= 4 is 15.9 Å². The SMILES string of the molecule is Cc1cc2c(c(=O)[nH]1)C(c1cccc(Br)c1)C(C#N)=C(N)O2. The Morgan fingerprint density at radius 3 is 2.86 bits per heavy atom. The lowest BCUT2D eigenvalue weighted by atomic mass is 9.84. The summed E-state index contributed by atoms with van der Waals surface area (Å²) in [6.45, 7) is 1.76. The number of hydrogen-bond acceptors (Lipinski definition) is 4. The lowest BCUT2D eigenvalue weighted by Gasteiger charge is -2.25. The van der Waals surface area contributed by atoms with E-state index in [2.05, 4.69) is 27.0 Å². The zero-order chi connectivity index (χ0) is 15.9. The Bertz CT molecular complexity index is 893. The molecule has 0 saturated carbocycles. The third kappa shape index (κ3) is 2.30. The number of allylic oxidation sites excluding steroid dienone is 1. The smallest absolute Gasteiger partial charge is 0.256 e. The van der Waals surface area contributed by atoms with Crippen molar-refractivity contribution in [2.24, 2.45) is 5.73 Å². The first-order valence-corrected chi connectivity index (χ1v) is 7.37. The Labute approximate surface area is 135 Å². The summed E-state index contributed by atoms with van der Waals surface area (Å²) in [5.74, 6) is -0.122. The van der Waals surface area contributed by atoms with Crippen molar-refractivity contribution in [2.45, 2.75) is 12.8 Å². The highest BCUT2D eigenvalue weighted by Crippen LogP contribution is 2.40. The van der Waals surface area contributed by atoms with Crippen molar-refractivity contribution in [2.75, 3.05) is 0 Å². The van der Waals surface area contributed by atoms with Crippen molar-refractivity contribution in [3.05, 3.63) is 73.4 Å². The summed E-state index contributed by atoms with van der Waals surface area (Å²) in [7, 11) is 0. The fourth-order valence-corrected chi connectivity index (χ4v) is 3.04. The standard InChI is InChI=1S/C16H12BrN3O2/c1-8-5-12-14(16(21)20-8)13(11(7-18)15(19)22-12)9-3-2-4-10(17)6-9/h2-6,13H,19H2,1H3,(H,20,21). The topological polar surface area (TPSA) is 91.9 Å². The third-order valence-electron chi connectivity index (χ3n) is 3.53. The number of aromatic amines is 1. The Kier molecular flexibility index (Phi) is 3.51. The number of aryl methyl sites for hydroxylation is 1. The molecule has 1 unspecified atom stereocenters. The number of benzene rings is 1. The number of rotatable bonds is 1. The molecule has 6 heteroatoms. The molecule has 2 heterocycles. The highest BCUT2D eigenvalue weighted by molar-refractivity contribution is 9.10. The number of nitrogens with one attached hydrogen (secondary N) is 1. The number of nitrogens with zero attached hydrogens (tertiary/aromatic N) is 1. The summed E-state index contributed by atoms with van der Waals surface area (Å²) < 4.78 is 6.34. The van der Waals surface area contributed by atoms with Gasteiger partial charge >= 0.3 is 0 Å². The van der Waals surface area contributed by atoms with Gasteiger partial charge in [0.05, 0.1) is 11.5 Å². The highest BCUT2D eigenvalue weighted by atomic mass is 79.9. The van der Waals surface area contributed by atoms with Gasteiger partial charge in [-0.1, -0.05) is 28.1 Å². The van der Waals surface area contributed by atoms with Gasteiger partial charge in [0.2, 0.25) is 5.88 Å². The largest absolute Gasteiger partial charge is 0.440 e. The summed E-state index contributed by atoms with van der Waals surface area (Å²) in [4.78, 5) is 15.2. The lowest BCUT2D eigenvalue weighted by Crippen LogP contribution is -2.28. The maximum Gasteiger partial charge on any atom is 0.256 e. The van der Waals surface area contributed by atoms with Gasteiger partial charge in [0, 0.05) is 16.2 Å². The molecule has 0 radical (unpaired) electrons. The molecule has 1 atom stereocenters. The molecular weight excluding hydrogens is 346 g/mol. The number of fused-ring (bicyclic) bond motifs is 1. The van der Waals surface area contributed by atoms with Gasteiger partial charge in [0.15, 0.2) is 0 Å². The number of nitriles is 1. The second-order valence-corrected chi connectivity index (χ2v) is 5.95. The van der Waals surface area contributed by atoms with E-state index in [0.29, 0.717) is 17.0 Å². The van der Waals surface area contributed by atoms with Crippen molar-refractivity contribution in [3.63, 3.8) is 0 Å². The molecule has 0 bridgehead atoms. The maximum atomic E-state index is 12.4. The van der Waals surface area contributed by atoms with E-state index in [1.54, 1.807) is 13.0 Å². The van der Waals surface area contributed by atoms with Crippen molar-refractivity contribution < 1.29 is 4.74 Å². The summed E-state index contributed by atoms with van der Waals surface area (Å²) in [5, 5.41) is 9.44. The number of nitrogens with two attached hydrogens (primary N) is 1. The molecule has 110 valence electrons. The van der Waals surface area contributed by atoms with Crippen LogP contribution in [-0.4, -0.2) is 4.98 Å². The van der Waals surface area contributed by atoms with Gasteiger partial charge in [0.1, 0.15) is 17.4 Å². The van der Waals surface area contributed by atoms with Crippen molar-refractivity contribution in [1.29, 1.82) is 5.26 Å². The van der Waals surface area contributed by atoms with Crippen LogP contribution in [0.1, 0.15) is 22.7 Å². The predicted molar refractivity (Wildman–Crippen MR) is 85.2 cm³/mol.